The van der Waals surface area contributed by atoms with E-state index in [1.165, 1.54) is 46.9 Å². The lowest BCUT2D eigenvalue weighted by atomic mass is 9.84. The van der Waals surface area contributed by atoms with Gasteiger partial charge in [0.1, 0.15) is 11.6 Å². The number of benzene rings is 4. The molecule has 2 aliphatic heterocycles. The molecule has 6 aromatic rings. The predicted molar refractivity (Wildman–Crippen MR) is 264 cm³/mol. The minimum absolute atomic E-state index is 0. The molecule has 2 amide bonds. The number of piperidine rings is 2. The fraction of sp³-hybridized carbons (Fsp3) is 0.440. The molecule has 2 fully saturated rings. The summed E-state index contributed by atoms with van der Waals surface area (Å²) in [7, 11) is 0. The Hall–Kier alpha value is -5.22. The summed E-state index contributed by atoms with van der Waals surface area (Å²) in [5.74, 6) is 0.252. The molecule has 0 radical (unpaired) electrons. The Bertz CT molecular complexity index is 2510. The van der Waals surface area contributed by atoms with Crippen molar-refractivity contribution >= 4 is 71.4 Å². The van der Waals surface area contributed by atoms with Crippen LogP contribution in [0.3, 0.4) is 0 Å². The summed E-state index contributed by atoms with van der Waals surface area (Å²) in [4.78, 5) is 38.0. The average Bonchev–Trinajstić information content (AvgIpc) is 3.87. The van der Waals surface area contributed by atoms with Gasteiger partial charge in [-0.15, -0.1) is 11.3 Å². The number of nitrogens with two attached hydrogens (primary N) is 1. The second-order valence-electron chi connectivity index (χ2n) is 17.8. The number of aromatic nitrogens is 2. The van der Waals surface area contributed by atoms with Gasteiger partial charge in [-0.05, 0) is 123 Å². The van der Waals surface area contributed by atoms with Crippen LogP contribution in [0.25, 0.3) is 20.4 Å². The van der Waals surface area contributed by atoms with Crippen molar-refractivity contribution in [2.45, 2.75) is 105 Å². The van der Waals surface area contributed by atoms with E-state index in [0.717, 1.165) is 50.3 Å². The Labute approximate surface area is 390 Å². The molecule has 15 heteroatoms. The molecule has 8 rings (SSSR count). The van der Waals surface area contributed by atoms with Crippen molar-refractivity contribution in [1.29, 1.82) is 0 Å². The number of anilines is 3. The first-order valence-electron chi connectivity index (χ1n) is 21.6. The van der Waals surface area contributed by atoms with E-state index in [9.17, 15) is 28.6 Å². The van der Waals surface area contributed by atoms with Gasteiger partial charge in [-0.2, -0.15) is 0 Å². The molecule has 350 valence electrons. The van der Waals surface area contributed by atoms with Gasteiger partial charge in [-0.3, -0.25) is 9.59 Å². The summed E-state index contributed by atoms with van der Waals surface area (Å²) >= 11 is 2.69. The third kappa shape index (κ3) is 13.0. The van der Waals surface area contributed by atoms with Crippen molar-refractivity contribution in [2.24, 2.45) is 11.8 Å². The van der Waals surface area contributed by atoms with Gasteiger partial charge in [0.2, 0.25) is 0 Å². The van der Waals surface area contributed by atoms with E-state index in [2.05, 4.69) is 48.3 Å². The Morgan fingerprint density at radius 2 is 1.11 bits per heavy atom. The lowest BCUT2D eigenvalue weighted by molar-refractivity contribution is -0.0318. The number of nitrogens with zero attached hydrogens (tertiary/aromatic N) is 4. The first kappa shape index (κ1) is 50.8. The first-order chi connectivity index (χ1) is 30.0. The number of nitrogen functional groups attached to an aromatic ring is 1. The highest BCUT2D eigenvalue weighted by Gasteiger charge is 2.36. The maximum atomic E-state index is 13.9. The summed E-state index contributed by atoms with van der Waals surface area (Å²) in [6, 6.07) is 20.5. The normalized spacial score (nSPS) is 15.5. The molecule has 2 aliphatic rings. The van der Waals surface area contributed by atoms with Crippen LogP contribution >= 0.6 is 22.7 Å². The van der Waals surface area contributed by atoms with Crippen LogP contribution in [0.15, 0.2) is 78.3 Å². The number of fused-ring (bicyclic) bond motifs is 2. The highest BCUT2D eigenvalue weighted by molar-refractivity contribution is 7.22. The molecular weight excluding hydrogens is 865 g/mol. The molecular formula is C50H65F2N7O4S2. The van der Waals surface area contributed by atoms with Crippen LogP contribution in [0.5, 0.6) is 0 Å². The fourth-order valence-corrected chi connectivity index (χ4v) is 10.3. The molecule has 0 unspecified atom stereocenters. The lowest BCUT2D eigenvalue weighted by Gasteiger charge is -2.39. The van der Waals surface area contributed by atoms with E-state index in [1.807, 2.05) is 46.2 Å². The van der Waals surface area contributed by atoms with Gasteiger partial charge >= 0.3 is 0 Å². The van der Waals surface area contributed by atoms with Gasteiger partial charge in [0, 0.05) is 72.9 Å². The van der Waals surface area contributed by atoms with E-state index >= 15 is 0 Å². The molecule has 65 heavy (non-hydrogen) atoms. The number of thiazole rings is 2. The standard InChI is InChI=1S/C24H29FN4O2S.C24H28FN3O2S.2CH4/c1-15(2)13-24(31)7-9-29(10-8-24)22(30)16-3-5-19(6-4-16)27-14-17-11-18(25)12-20-21(17)28-23(26)32-20;1-16(2)13-24(30)7-9-28(10-8-24)23(29)17-3-5-20(6-4-17)26-14-18-11-19(25)12-21-22(18)27-15-31-21;;/h3-6,11-12,15,27,31H,7-10,13-14H2,1-2H3,(H2,26,28);3-6,11-12,15-16,26,30H,7-10,13-14H2,1-2H3;2*1H4. The van der Waals surface area contributed by atoms with E-state index in [1.54, 1.807) is 17.6 Å². The van der Waals surface area contributed by atoms with Crippen LogP contribution in [0.2, 0.25) is 0 Å². The topological polar surface area (TPSA) is 157 Å². The van der Waals surface area contributed by atoms with E-state index in [4.69, 9.17) is 5.73 Å². The third-order valence-corrected chi connectivity index (χ3v) is 13.4. The summed E-state index contributed by atoms with van der Waals surface area (Å²) in [6.45, 7) is 11.6. The number of aliphatic hydroxyl groups is 2. The quantitative estimate of drug-likeness (QED) is 0.0806. The van der Waals surface area contributed by atoms with Crippen LogP contribution in [0.1, 0.15) is 113 Å². The van der Waals surface area contributed by atoms with Crippen molar-refractivity contribution in [1.82, 2.24) is 19.8 Å². The highest BCUT2D eigenvalue weighted by atomic mass is 32.1. The Morgan fingerprint density at radius 3 is 1.54 bits per heavy atom. The average molecular weight is 930 g/mol. The smallest absolute Gasteiger partial charge is 0.253 e. The van der Waals surface area contributed by atoms with Crippen molar-refractivity contribution < 1.29 is 28.6 Å². The van der Waals surface area contributed by atoms with Crippen LogP contribution in [-0.2, 0) is 13.1 Å². The van der Waals surface area contributed by atoms with E-state index in [-0.39, 0.29) is 38.3 Å². The van der Waals surface area contributed by atoms with Crippen molar-refractivity contribution in [3.8, 4) is 0 Å². The number of nitrogens with one attached hydrogen (secondary N) is 2. The largest absolute Gasteiger partial charge is 0.390 e. The first-order valence-corrected chi connectivity index (χ1v) is 23.3. The number of hydrogen-bond donors (Lipinski definition) is 5. The van der Waals surface area contributed by atoms with Gasteiger partial charge in [0.25, 0.3) is 11.8 Å². The fourth-order valence-electron chi connectivity index (χ4n) is 8.75. The third-order valence-electron chi connectivity index (χ3n) is 11.8. The predicted octanol–water partition coefficient (Wildman–Crippen LogP) is 11.0. The molecule has 11 nitrogen and oxygen atoms in total. The van der Waals surface area contributed by atoms with Gasteiger partial charge in [0.05, 0.1) is 37.1 Å². The van der Waals surface area contributed by atoms with Crippen molar-refractivity contribution in [3.63, 3.8) is 0 Å². The molecule has 0 bridgehead atoms. The SMILES string of the molecule is C.C.CC(C)CC1(O)CCN(C(=O)c2ccc(NCc3cc(F)cc4sc(N)nc34)cc2)CC1.CC(C)CC1(O)CCN(C(=O)c2ccc(NCc3cc(F)cc4scnc34)cc2)CC1. The number of amides is 2. The molecule has 2 aromatic heterocycles. The molecule has 0 saturated carbocycles. The number of halogens is 2. The Morgan fingerprint density at radius 1 is 0.692 bits per heavy atom. The summed E-state index contributed by atoms with van der Waals surface area (Å²) in [6.07, 6.45) is 4.00. The molecule has 0 spiro atoms. The summed E-state index contributed by atoms with van der Waals surface area (Å²) < 4.78 is 29.3. The molecule has 4 heterocycles. The number of rotatable bonds is 12. The summed E-state index contributed by atoms with van der Waals surface area (Å²) in [5.41, 5.74) is 12.2. The molecule has 6 N–H and O–H groups in total. The Balaban J connectivity index is 0.000000237. The Kier molecular flexibility index (Phi) is 17.1. The van der Waals surface area contributed by atoms with Crippen molar-refractivity contribution in [2.75, 3.05) is 42.5 Å². The monoisotopic (exact) mass is 929 g/mol. The maximum Gasteiger partial charge on any atom is 0.253 e. The van der Waals surface area contributed by atoms with Gasteiger partial charge in [0.15, 0.2) is 5.13 Å². The highest BCUT2D eigenvalue weighted by Crippen LogP contribution is 2.32. The van der Waals surface area contributed by atoms with Gasteiger partial charge < -0.3 is 36.4 Å². The van der Waals surface area contributed by atoms with Gasteiger partial charge in [-0.1, -0.05) is 53.9 Å². The number of likely N-dealkylation sites (tertiary alicyclic amines) is 2. The van der Waals surface area contributed by atoms with Crippen LogP contribution in [0, 0.1) is 23.5 Å². The van der Waals surface area contributed by atoms with Crippen LogP contribution in [-0.4, -0.2) is 79.2 Å². The second-order valence-corrected chi connectivity index (χ2v) is 19.8. The zero-order valence-electron chi connectivity index (χ0n) is 36.3. The number of carbonyl (C=O) groups excluding carboxylic acids is 2. The summed E-state index contributed by atoms with van der Waals surface area (Å²) in [5, 5.41) is 28.4. The second kappa shape index (κ2) is 21.8. The van der Waals surface area contributed by atoms with Crippen LogP contribution in [0.4, 0.5) is 25.3 Å². The lowest BCUT2D eigenvalue weighted by Crippen LogP contribution is -2.47. The van der Waals surface area contributed by atoms with E-state index < -0.39 is 11.2 Å². The minimum Gasteiger partial charge on any atom is -0.390 e. The number of carbonyl (C=O) groups is 2. The number of hydrogen-bond acceptors (Lipinski definition) is 11. The molecule has 0 atom stereocenters. The van der Waals surface area contributed by atoms with Crippen LogP contribution < -0.4 is 16.4 Å². The maximum absolute atomic E-state index is 13.9. The van der Waals surface area contributed by atoms with E-state index in [0.29, 0.717) is 98.6 Å². The molecule has 4 aromatic carbocycles. The molecule has 2 saturated heterocycles. The zero-order chi connectivity index (χ0) is 44.9. The molecule has 0 aliphatic carbocycles. The minimum atomic E-state index is -0.664. The zero-order valence-corrected chi connectivity index (χ0v) is 37.9. The van der Waals surface area contributed by atoms with Crippen molar-refractivity contribution in [3.05, 3.63) is 112 Å². The van der Waals surface area contributed by atoms with Gasteiger partial charge in [-0.25, -0.2) is 18.7 Å².